The molecule has 0 unspecified atom stereocenters. The second-order valence-electron chi connectivity index (χ2n) is 10.3. The second kappa shape index (κ2) is 11.4. The lowest BCUT2D eigenvalue weighted by Crippen LogP contribution is -2.41. The molecule has 10 nitrogen and oxygen atoms in total. The average molecular weight is 528 g/mol. The van der Waals surface area contributed by atoms with Gasteiger partial charge in [-0.1, -0.05) is 13.0 Å². The van der Waals surface area contributed by atoms with E-state index in [1.54, 1.807) is 24.4 Å². The summed E-state index contributed by atoms with van der Waals surface area (Å²) >= 11 is 0. The Hall–Kier alpha value is -4.04. The van der Waals surface area contributed by atoms with Crippen molar-refractivity contribution in [2.45, 2.75) is 19.3 Å². The Morgan fingerprint density at radius 2 is 2.08 bits per heavy atom. The number of nitrogens with zero attached hydrogens (tertiary/aromatic N) is 4. The van der Waals surface area contributed by atoms with Gasteiger partial charge in [0.15, 0.2) is 0 Å². The van der Waals surface area contributed by atoms with Crippen LogP contribution in [-0.2, 0) is 10.2 Å². The van der Waals surface area contributed by atoms with Gasteiger partial charge in [-0.2, -0.15) is 5.26 Å². The van der Waals surface area contributed by atoms with Crippen LogP contribution in [0.3, 0.4) is 0 Å². The van der Waals surface area contributed by atoms with E-state index in [1.807, 2.05) is 32.0 Å². The van der Waals surface area contributed by atoms with Crippen molar-refractivity contribution in [1.29, 1.82) is 5.26 Å². The number of aliphatic hydroxyl groups excluding tert-OH is 1. The number of rotatable bonds is 8. The quantitative estimate of drug-likeness (QED) is 0.349. The van der Waals surface area contributed by atoms with Crippen molar-refractivity contribution in [2.24, 2.45) is 0 Å². The molecule has 5 rings (SSSR count). The molecule has 1 amide bonds. The topological polar surface area (TPSA) is 135 Å². The molecule has 39 heavy (non-hydrogen) atoms. The third-order valence-corrected chi connectivity index (χ3v) is 7.43. The number of nitriles is 1. The first-order chi connectivity index (χ1) is 18.9. The van der Waals surface area contributed by atoms with Crippen LogP contribution < -0.4 is 16.0 Å². The van der Waals surface area contributed by atoms with Gasteiger partial charge in [0.2, 0.25) is 5.95 Å². The highest BCUT2D eigenvalue weighted by Crippen LogP contribution is 2.41. The Morgan fingerprint density at radius 3 is 2.85 bits per heavy atom. The van der Waals surface area contributed by atoms with Gasteiger partial charge in [-0.05, 0) is 48.4 Å². The van der Waals surface area contributed by atoms with E-state index in [4.69, 9.17) is 9.72 Å². The highest BCUT2D eigenvalue weighted by Gasteiger charge is 2.36. The Morgan fingerprint density at radius 1 is 1.26 bits per heavy atom. The molecule has 2 aliphatic rings. The van der Waals surface area contributed by atoms with Crippen LogP contribution in [0, 0.1) is 18.3 Å². The smallest absolute Gasteiger partial charge is 0.251 e. The number of hydrogen-bond donors (Lipinski definition) is 4. The van der Waals surface area contributed by atoms with Crippen molar-refractivity contribution in [3.05, 3.63) is 64.8 Å². The molecule has 0 radical (unpaired) electrons. The lowest BCUT2D eigenvalue weighted by atomic mass is 9.83. The molecule has 0 bridgehead atoms. The Kier molecular flexibility index (Phi) is 7.74. The lowest BCUT2D eigenvalue weighted by Gasteiger charge is -2.26. The van der Waals surface area contributed by atoms with Gasteiger partial charge >= 0.3 is 0 Å². The average Bonchev–Trinajstić information content (AvgIpc) is 3.31. The van der Waals surface area contributed by atoms with Crippen LogP contribution in [0.25, 0.3) is 11.3 Å². The molecule has 1 aromatic heterocycles. The van der Waals surface area contributed by atoms with E-state index in [2.05, 4.69) is 31.9 Å². The third-order valence-electron chi connectivity index (χ3n) is 7.43. The number of amides is 1. The van der Waals surface area contributed by atoms with E-state index in [0.29, 0.717) is 35.9 Å². The number of fused-ring (bicyclic) bond motifs is 1. The maximum Gasteiger partial charge on any atom is 0.251 e. The van der Waals surface area contributed by atoms with Gasteiger partial charge in [0.25, 0.3) is 5.91 Å². The van der Waals surface area contributed by atoms with Gasteiger partial charge in [-0.3, -0.25) is 9.69 Å². The molecule has 2 aromatic carbocycles. The predicted molar refractivity (Wildman–Crippen MR) is 149 cm³/mol. The summed E-state index contributed by atoms with van der Waals surface area (Å²) in [6.07, 6.45) is 1.66. The molecular formula is C29H33N7O3. The van der Waals surface area contributed by atoms with Crippen molar-refractivity contribution >= 4 is 23.2 Å². The zero-order chi connectivity index (χ0) is 27.4. The molecular weight excluding hydrogens is 494 g/mol. The van der Waals surface area contributed by atoms with Crippen molar-refractivity contribution < 1.29 is 14.6 Å². The Balaban J connectivity index is 1.33. The van der Waals surface area contributed by atoms with Crippen LogP contribution in [0.15, 0.2) is 42.6 Å². The zero-order valence-corrected chi connectivity index (χ0v) is 22.3. The maximum absolute atomic E-state index is 12.8. The van der Waals surface area contributed by atoms with E-state index in [9.17, 15) is 15.2 Å². The largest absolute Gasteiger partial charge is 0.395 e. The van der Waals surface area contributed by atoms with Crippen LogP contribution in [0.1, 0.15) is 34.0 Å². The minimum atomic E-state index is -0.481. The fourth-order valence-corrected chi connectivity index (χ4v) is 4.92. The molecule has 1 atom stereocenters. The van der Waals surface area contributed by atoms with Crippen molar-refractivity contribution in [3.63, 3.8) is 0 Å². The number of morpholine rings is 1. The normalized spacial score (nSPS) is 18.6. The lowest BCUT2D eigenvalue weighted by molar-refractivity contribution is 0.0383. The second-order valence-corrected chi connectivity index (χ2v) is 10.3. The van der Waals surface area contributed by atoms with Crippen molar-refractivity contribution in [1.82, 2.24) is 20.2 Å². The highest BCUT2D eigenvalue weighted by atomic mass is 16.5. The van der Waals surface area contributed by atoms with Crippen LogP contribution in [0.2, 0.25) is 0 Å². The molecule has 3 aromatic rings. The minimum absolute atomic E-state index is 0.0334. The van der Waals surface area contributed by atoms with Crippen LogP contribution in [0.5, 0.6) is 0 Å². The first-order valence-electron chi connectivity index (χ1n) is 13.1. The van der Waals surface area contributed by atoms with E-state index in [1.165, 1.54) is 0 Å². The number of ether oxygens (including phenoxy) is 1. The summed E-state index contributed by atoms with van der Waals surface area (Å²) in [5, 5.41) is 29.3. The Labute approximate surface area is 228 Å². The van der Waals surface area contributed by atoms with Gasteiger partial charge in [0.1, 0.15) is 6.07 Å². The summed E-state index contributed by atoms with van der Waals surface area (Å²) < 4.78 is 5.37. The third kappa shape index (κ3) is 5.71. The number of aromatic nitrogens is 2. The molecule has 0 aliphatic carbocycles. The van der Waals surface area contributed by atoms with Crippen LogP contribution in [-0.4, -0.2) is 78.4 Å². The van der Waals surface area contributed by atoms with E-state index in [-0.39, 0.29) is 12.5 Å². The summed E-state index contributed by atoms with van der Waals surface area (Å²) in [7, 11) is 0. The minimum Gasteiger partial charge on any atom is -0.395 e. The fourth-order valence-electron chi connectivity index (χ4n) is 4.92. The Bertz CT molecular complexity index is 1410. The summed E-state index contributed by atoms with van der Waals surface area (Å²) in [6, 6.07) is 13.3. The van der Waals surface area contributed by atoms with Gasteiger partial charge < -0.3 is 25.8 Å². The van der Waals surface area contributed by atoms with Gasteiger partial charge in [-0.15, -0.1) is 0 Å². The predicted octanol–water partition coefficient (Wildman–Crippen LogP) is 2.80. The molecule has 3 heterocycles. The number of carbonyl (C=O) groups excluding carboxylic acids is 1. The molecule has 0 spiro atoms. The zero-order valence-electron chi connectivity index (χ0n) is 22.3. The molecule has 1 saturated heterocycles. The number of carbonyl (C=O) groups is 1. The molecule has 10 heteroatoms. The van der Waals surface area contributed by atoms with E-state index >= 15 is 0 Å². The monoisotopic (exact) mass is 527 g/mol. The van der Waals surface area contributed by atoms with Crippen LogP contribution in [0.4, 0.5) is 17.3 Å². The summed E-state index contributed by atoms with van der Waals surface area (Å²) in [5.41, 5.74) is 5.34. The first-order valence-corrected chi connectivity index (χ1v) is 13.1. The number of aliphatic hydroxyl groups is 1. The first kappa shape index (κ1) is 26.6. The maximum atomic E-state index is 12.8. The van der Waals surface area contributed by atoms with Gasteiger partial charge in [0, 0.05) is 61.1 Å². The number of aryl methyl sites for hydroxylation is 1. The fraction of sp³-hybridized carbons (Fsp3) is 0.379. The SMILES string of the molecule is Cc1ccc(C(=O)NCCN2CCOCC2)cc1Nc1nccc(-c2cc(C#N)c3c(c2)[C@@](C)(CO)CN3)n1. The van der Waals surface area contributed by atoms with Gasteiger partial charge in [0.05, 0.1) is 36.8 Å². The molecule has 0 saturated carbocycles. The summed E-state index contributed by atoms with van der Waals surface area (Å²) in [6.45, 7) is 9.03. The van der Waals surface area contributed by atoms with E-state index < -0.39 is 5.41 Å². The standard InChI is InChI=1S/C29H33N7O3/c1-19-3-4-20(27(38)31-7-8-36-9-11-39-12-10-36)15-25(19)35-28-32-6-5-24(34-28)21-13-22(16-30)26-23(14-21)29(2,18-37)17-33-26/h3-6,13-15,33,37H,7-12,17-18H2,1-2H3,(H,31,38)(H,32,34,35)/t29-/m1/s1. The number of hydrogen-bond acceptors (Lipinski definition) is 9. The highest BCUT2D eigenvalue weighted by molar-refractivity contribution is 5.95. The summed E-state index contributed by atoms with van der Waals surface area (Å²) in [5.74, 6) is 0.242. The summed E-state index contributed by atoms with van der Waals surface area (Å²) in [4.78, 5) is 24.2. The molecule has 202 valence electrons. The molecule has 2 aliphatic heterocycles. The molecule has 1 fully saturated rings. The van der Waals surface area contributed by atoms with Crippen molar-refractivity contribution in [2.75, 3.05) is 63.2 Å². The van der Waals surface area contributed by atoms with E-state index in [0.717, 1.165) is 60.9 Å². The van der Waals surface area contributed by atoms with Gasteiger partial charge in [-0.25, -0.2) is 9.97 Å². The van der Waals surface area contributed by atoms with Crippen molar-refractivity contribution in [3.8, 4) is 17.3 Å². The molecule has 4 N–H and O–H groups in total. The number of nitrogens with one attached hydrogen (secondary N) is 3. The van der Waals surface area contributed by atoms with Crippen LogP contribution >= 0.6 is 0 Å². The number of benzene rings is 2. The number of anilines is 3.